The summed E-state index contributed by atoms with van der Waals surface area (Å²) in [7, 11) is 0. The van der Waals surface area contributed by atoms with Crippen molar-refractivity contribution in [1.29, 1.82) is 0 Å². The SMILES string of the molecule is CCCCC[C@H](O)/C=C/[C@@H]1[C@@H](CCOC(c2ccccc2)(c2ccccc2)c2ccccc2)[C@H](O)C[C@@H]1O. The van der Waals surface area contributed by atoms with Crippen LogP contribution in [0.2, 0.25) is 0 Å². The lowest BCUT2D eigenvalue weighted by molar-refractivity contribution is -0.00563. The molecule has 0 amide bonds. The van der Waals surface area contributed by atoms with E-state index in [-0.39, 0.29) is 11.8 Å². The molecule has 4 nitrogen and oxygen atoms in total. The zero-order valence-corrected chi connectivity index (χ0v) is 22.4. The standard InChI is InChI=1S/C34H42O4/c1-2-3-7-20-29(35)21-22-30-31(33(37)25-32(30)36)23-24-38-34(26-14-8-4-9-15-26,27-16-10-5-11-17-27)28-18-12-6-13-19-28/h4-6,8-19,21-22,29-33,35-37H,2-3,7,20,23-25H2,1H3/b22-21+/t29-,30+,31+,32-,33+/m0/s1. The maximum absolute atomic E-state index is 10.8. The molecule has 0 saturated heterocycles. The molecule has 0 heterocycles. The summed E-state index contributed by atoms with van der Waals surface area (Å²) in [6, 6.07) is 30.8. The van der Waals surface area contributed by atoms with Gasteiger partial charge in [-0.1, -0.05) is 129 Å². The molecule has 38 heavy (non-hydrogen) atoms. The van der Waals surface area contributed by atoms with E-state index < -0.39 is 23.9 Å². The molecule has 0 aromatic heterocycles. The van der Waals surface area contributed by atoms with Gasteiger partial charge in [0.2, 0.25) is 0 Å². The van der Waals surface area contributed by atoms with Crippen molar-refractivity contribution >= 4 is 0 Å². The fourth-order valence-electron chi connectivity index (χ4n) is 5.85. The first-order valence-corrected chi connectivity index (χ1v) is 14.1. The molecule has 0 aliphatic heterocycles. The Bertz CT molecular complexity index is 1000. The third kappa shape index (κ3) is 6.62. The molecule has 3 aromatic rings. The number of hydrogen-bond donors (Lipinski definition) is 3. The lowest BCUT2D eigenvalue weighted by Crippen LogP contribution is -2.34. The largest absolute Gasteiger partial charge is 0.393 e. The van der Waals surface area contributed by atoms with Gasteiger partial charge >= 0.3 is 0 Å². The summed E-state index contributed by atoms with van der Waals surface area (Å²) in [5, 5.41) is 31.9. The number of unbranched alkanes of at least 4 members (excludes halogenated alkanes) is 2. The van der Waals surface area contributed by atoms with Gasteiger partial charge in [-0.2, -0.15) is 0 Å². The smallest absolute Gasteiger partial charge is 0.143 e. The average Bonchev–Trinajstić information content (AvgIpc) is 3.23. The zero-order valence-electron chi connectivity index (χ0n) is 22.4. The fraction of sp³-hybridized carbons (Fsp3) is 0.412. The normalized spacial score (nSPS) is 22.6. The third-order valence-corrected chi connectivity index (χ3v) is 7.89. The summed E-state index contributed by atoms with van der Waals surface area (Å²) in [4.78, 5) is 0. The first-order valence-electron chi connectivity index (χ1n) is 14.1. The Morgan fingerprint density at radius 1 is 0.816 bits per heavy atom. The first kappa shape index (κ1) is 28.3. The second kappa shape index (κ2) is 13.9. The van der Waals surface area contributed by atoms with E-state index in [4.69, 9.17) is 4.74 Å². The van der Waals surface area contributed by atoms with Crippen molar-refractivity contribution in [2.24, 2.45) is 11.8 Å². The van der Waals surface area contributed by atoms with Crippen molar-refractivity contribution in [3.63, 3.8) is 0 Å². The highest BCUT2D eigenvalue weighted by atomic mass is 16.5. The maximum Gasteiger partial charge on any atom is 0.143 e. The molecule has 4 rings (SSSR count). The Morgan fingerprint density at radius 2 is 1.34 bits per heavy atom. The third-order valence-electron chi connectivity index (χ3n) is 7.89. The van der Waals surface area contributed by atoms with E-state index in [9.17, 15) is 15.3 Å². The van der Waals surface area contributed by atoms with E-state index in [0.717, 1.165) is 42.4 Å². The Labute approximate surface area is 227 Å². The van der Waals surface area contributed by atoms with Crippen molar-refractivity contribution in [3.05, 3.63) is 120 Å². The minimum atomic E-state index is -0.813. The van der Waals surface area contributed by atoms with Crippen LogP contribution in [0.15, 0.2) is 103 Å². The molecule has 0 radical (unpaired) electrons. The van der Waals surface area contributed by atoms with Crippen LogP contribution in [0.5, 0.6) is 0 Å². The molecule has 3 aromatic carbocycles. The fourth-order valence-corrected chi connectivity index (χ4v) is 5.85. The second-order valence-corrected chi connectivity index (χ2v) is 10.5. The van der Waals surface area contributed by atoms with Crippen LogP contribution in [-0.4, -0.2) is 40.2 Å². The predicted octanol–water partition coefficient (Wildman–Crippen LogP) is 6.24. The van der Waals surface area contributed by atoms with Gasteiger partial charge in [-0.25, -0.2) is 0 Å². The summed E-state index contributed by atoms with van der Waals surface area (Å²) >= 11 is 0. The minimum absolute atomic E-state index is 0.149. The molecule has 202 valence electrons. The summed E-state index contributed by atoms with van der Waals surface area (Å²) < 4.78 is 6.91. The van der Waals surface area contributed by atoms with E-state index in [1.165, 1.54) is 0 Å². The zero-order chi connectivity index (χ0) is 26.8. The van der Waals surface area contributed by atoms with Crippen molar-refractivity contribution < 1.29 is 20.1 Å². The molecular formula is C34H42O4. The topological polar surface area (TPSA) is 69.9 Å². The Hall–Kier alpha value is -2.76. The lowest BCUT2D eigenvalue weighted by Gasteiger charge is -2.36. The lowest BCUT2D eigenvalue weighted by atomic mass is 9.80. The molecule has 1 aliphatic carbocycles. The van der Waals surface area contributed by atoms with E-state index in [0.29, 0.717) is 19.4 Å². The summed E-state index contributed by atoms with van der Waals surface area (Å²) in [6.45, 7) is 2.55. The molecule has 1 aliphatic rings. The van der Waals surface area contributed by atoms with Crippen LogP contribution in [0.4, 0.5) is 0 Å². The number of aliphatic hydroxyl groups is 3. The second-order valence-electron chi connectivity index (χ2n) is 10.5. The Morgan fingerprint density at radius 3 is 1.84 bits per heavy atom. The number of ether oxygens (including phenoxy) is 1. The van der Waals surface area contributed by atoms with Gasteiger partial charge in [-0.15, -0.1) is 0 Å². The molecule has 4 heteroatoms. The van der Waals surface area contributed by atoms with Crippen LogP contribution >= 0.6 is 0 Å². The first-order chi connectivity index (χ1) is 18.6. The molecule has 1 saturated carbocycles. The molecule has 5 atom stereocenters. The van der Waals surface area contributed by atoms with Gasteiger partial charge < -0.3 is 20.1 Å². The molecule has 3 N–H and O–H groups in total. The highest BCUT2D eigenvalue weighted by molar-refractivity contribution is 5.47. The average molecular weight is 515 g/mol. The van der Waals surface area contributed by atoms with Gasteiger partial charge in [0.05, 0.1) is 18.3 Å². The highest BCUT2D eigenvalue weighted by Gasteiger charge is 2.42. The highest BCUT2D eigenvalue weighted by Crippen LogP contribution is 2.42. The van der Waals surface area contributed by atoms with Crippen LogP contribution in [-0.2, 0) is 10.3 Å². The van der Waals surface area contributed by atoms with Gasteiger partial charge in [-0.3, -0.25) is 0 Å². The van der Waals surface area contributed by atoms with Gasteiger partial charge in [0, 0.05) is 18.9 Å². The quantitative estimate of drug-likeness (QED) is 0.143. The monoisotopic (exact) mass is 514 g/mol. The van der Waals surface area contributed by atoms with Gasteiger partial charge in [0.1, 0.15) is 5.60 Å². The Balaban J connectivity index is 1.57. The van der Waals surface area contributed by atoms with Gasteiger partial charge in [0.15, 0.2) is 0 Å². The van der Waals surface area contributed by atoms with E-state index in [1.807, 2.05) is 60.7 Å². The van der Waals surface area contributed by atoms with E-state index in [1.54, 1.807) is 6.08 Å². The van der Waals surface area contributed by atoms with Crippen LogP contribution in [0.25, 0.3) is 0 Å². The van der Waals surface area contributed by atoms with Crippen LogP contribution in [0.3, 0.4) is 0 Å². The summed E-state index contributed by atoms with van der Waals surface area (Å²) in [5.74, 6) is -0.363. The van der Waals surface area contributed by atoms with E-state index in [2.05, 4.69) is 43.3 Å². The summed E-state index contributed by atoms with van der Waals surface area (Å²) in [6.07, 6.45) is 6.80. The van der Waals surface area contributed by atoms with Crippen LogP contribution in [0, 0.1) is 11.8 Å². The molecule has 0 spiro atoms. The van der Waals surface area contributed by atoms with Gasteiger partial charge in [0.25, 0.3) is 0 Å². The van der Waals surface area contributed by atoms with Crippen molar-refractivity contribution in [2.45, 2.75) is 69.4 Å². The number of hydrogen-bond acceptors (Lipinski definition) is 4. The molecule has 0 bridgehead atoms. The van der Waals surface area contributed by atoms with Crippen molar-refractivity contribution in [2.75, 3.05) is 6.61 Å². The molecule has 0 unspecified atom stereocenters. The maximum atomic E-state index is 10.8. The summed E-state index contributed by atoms with van der Waals surface area (Å²) in [5.41, 5.74) is 2.30. The predicted molar refractivity (Wildman–Crippen MR) is 153 cm³/mol. The van der Waals surface area contributed by atoms with Crippen LogP contribution in [0.1, 0.15) is 62.1 Å². The van der Waals surface area contributed by atoms with Gasteiger partial charge in [-0.05, 0) is 35.4 Å². The van der Waals surface area contributed by atoms with Crippen molar-refractivity contribution in [1.82, 2.24) is 0 Å². The number of aliphatic hydroxyl groups excluding tert-OH is 3. The number of rotatable bonds is 13. The Kier molecular flexibility index (Phi) is 10.3. The van der Waals surface area contributed by atoms with Crippen molar-refractivity contribution in [3.8, 4) is 0 Å². The number of benzene rings is 3. The van der Waals surface area contributed by atoms with Crippen LogP contribution < -0.4 is 0 Å². The molecular weight excluding hydrogens is 472 g/mol. The minimum Gasteiger partial charge on any atom is -0.393 e. The van der Waals surface area contributed by atoms with E-state index >= 15 is 0 Å². The molecule has 1 fully saturated rings.